The molecule has 0 saturated carbocycles. The van der Waals surface area contributed by atoms with Gasteiger partial charge in [-0.25, -0.2) is 0 Å². The average molecular weight is 496 g/mol. The van der Waals surface area contributed by atoms with Crippen LogP contribution in [0.25, 0.3) is 22.2 Å². The highest BCUT2D eigenvalue weighted by atomic mass is 35.5. The predicted octanol–water partition coefficient (Wildman–Crippen LogP) is 3.69. The molecule has 0 atom stereocenters. The highest BCUT2D eigenvalue weighted by Gasteiger charge is 2.29. The van der Waals surface area contributed by atoms with Gasteiger partial charge in [-0.1, -0.05) is 24.6 Å². The van der Waals surface area contributed by atoms with Crippen LogP contribution in [0.3, 0.4) is 0 Å². The molecule has 3 N–H and O–H groups in total. The average Bonchev–Trinajstić information content (AvgIpc) is 3.45. The Labute approximate surface area is 211 Å². The number of β-amino-alcohol motifs (C(OH)–C–C–N with tert-alkyl or cyclic N) is 1. The monoisotopic (exact) mass is 495 g/mol. The van der Waals surface area contributed by atoms with Gasteiger partial charge in [-0.15, -0.1) is 0 Å². The number of halogens is 1. The molecule has 186 valence electrons. The maximum atomic E-state index is 12.8. The summed E-state index contributed by atoms with van der Waals surface area (Å²) in [6, 6.07) is 10.8. The van der Waals surface area contributed by atoms with Crippen molar-refractivity contribution in [3.05, 3.63) is 52.0 Å². The van der Waals surface area contributed by atoms with Crippen LogP contribution in [0.4, 0.5) is 5.69 Å². The lowest BCUT2D eigenvalue weighted by atomic mass is 9.98. The summed E-state index contributed by atoms with van der Waals surface area (Å²) >= 11 is 6.76. The van der Waals surface area contributed by atoms with Gasteiger partial charge in [0.15, 0.2) is 0 Å². The number of piperazine rings is 1. The van der Waals surface area contributed by atoms with Gasteiger partial charge in [0.2, 0.25) is 0 Å². The molecule has 1 aromatic heterocycles. The summed E-state index contributed by atoms with van der Waals surface area (Å²) in [4.78, 5) is 23.2. The number of anilines is 1. The fourth-order valence-electron chi connectivity index (χ4n) is 5.32. The summed E-state index contributed by atoms with van der Waals surface area (Å²) in [5, 5.41) is 13.9. The first-order valence-corrected chi connectivity index (χ1v) is 12.9. The van der Waals surface area contributed by atoms with E-state index in [9.17, 15) is 4.79 Å². The number of aliphatic hydroxyl groups is 1. The maximum Gasteiger partial charge on any atom is 0.252 e. The summed E-state index contributed by atoms with van der Waals surface area (Å²) in [6.07, 6.45) is 1.02. The highest BCUT2D eigenvalue weighted by molar-refractivity contribution is 6.35. The molecule has 0 radical (unpaired) electrons. The number of hydrogen-bond acceptors (Lipinski definition) is 5. The smallest absolute Gasteiger partial charge is 0.252 e. The minimum absolute atomic E-state index is 0.0683. The van der Waals surface area contributed by atoms with E-state index in [1.165, 1.54) is 5.56 Å². The minimum Gasteiger partial charge on any atom is -0.395 e. The van der Waals surface area contributed by atoms with Crippen LogP contribution in [0.5, 0.6) is 0 Å². The van der Waals surface area contributed by atoms with Gasteiger partial charge in [0.25, 0.3) is 5.91 Å². The maximum absolute atomic E-state index is 12.8. The zero-order valence-corrected chi connectivity index (χ0v) is 21.3. The number of hydrogen-bond donors (Lipinski definition) is 3. The Balaban J connectivity index is 1.44. The first-order valence-electron chi connectivity index (χ1n) is 12.5. The molecule has 1 amide bonds. The minimum atomic E-state index is -0.0683. The SMILES string of the molecule is CCCN(C)c1cc(-c2cc3cc(CN4CCN(CCO)CC4)ccc3[nH]2)c2c(c1Cl)CNC2=O. The van der Waals surface area contributed by atoms with Crippen molar-refractivity contribution in [2.45, 2.75) is 26.4 Å². The molecule has 35 heavy (non-hydrogen) atoms. The second kappa shape index (κ2) is 10.2. The number of aliphatic hydroxyl groups excluding tert-OH is 1. The van der Waals surface area contributed by atoms with Gasteiger partial charge >= 0.3 is 0 Å². The van der Waals surface area contributed by atoms with E-state index >= 15 is 0 Å². The largest absolute Gasteiger partial charge is 0.395 e. The topological polar surface area (TPSA) is 74.8 Å². The van der Waals surface area contributed by atoms with E-state index in [-0.39, 0.29) is 12.5 Å². The Kier molecular flexibility index (Phi) is 7.02. The first kappa shape index (κ1) is 24.1. The van der Waals surface area contributed by atoms with E-state index in [2.05, 4.69) is 62.3 Å². The molecule has 2 aliphatic rings. The number of carbonyl (C=O) groups excluding carboxylic acids is 1. The van der Waals surface area contributed by atoms with E-state index < -0.39 is 0 Å². The predicted molar refractivity (Wildman–Crippen MR) is 142 cm³/mol. The van der Waals surface area contributed by atoms with Crippen molar-refractivity contribution in [2.75, 3.05) is 57.8 Å². The van der Waals surface area contributed by atoms with Gasteiger partial charge in [-0.2, -0.15) is 0 Å². The van der Waals surface area contributed by atoms with Crippen molar-refractivity contribution in [2.24, 2.45) is 0 Å². The quantitative estimate of drug-likeness (QED) is 0.444. The van der Waals surface area contributed by atoms with Crippen LogP contribution in [0.15, 0.2) is 30.3 Å². The second-order valence-corrected chi connectivity index (χ2v) is 10.0. The van der Waals surface area contributed by atoms with Crippen LogP contribution in [0.1, 0.15) is 34.8 Å². The number of amides is 1. The van der Waals surface area contributed by atoms with E-state index in [1.54, 1.807) is 0 Å². The van der Waals surface area contributed by atoms with Gasteiger partial charge in [0, 0.05) is 87.1 Å². The Morgan fingerprint density at radius 2 is 1.89 bits per heavy atom. The zero-order chi connectivity index (χ0) is 24.5. The number of carbonyl (C=O) groups is 1. The number of fused-ring (bicyclic) bond motifs is 2. The van der Waals surface area contributed by atoms with E-state index in [0.717, 1.165) is 85.6 Å². The molecule has 0 spiro atoms. The fraction of sp³-hybridized carbons (Fsp3) is 0.444. The Bertz CT molecular complexity index is 1230. The molecule has 0 aliphatic carbocycles. The van der Waals surface area contributed by atoms with Crippen LogP contribution in [0.2, 0.25) is 5.02 Å². The number of aromatic nitrogens is 1. The standard InChI is InChI=1S/C27H34ClN5O2/c1-3-6-31(2)24-15-20(25-21(26(24)28)16-29-27(25)35)23-14-19-13-18(4-5-22(19)30-23)17-33-9-7-32(8-10-33)11-12-34/h4-5,13-15,30,34H,3,6-12,16-17H2,1-2H3,(H,29,35). The number of nitrogens with one attached hydrogen (secondary N) is 2. The normalized spacial score (nSPS) is 16.6. The summed E-state index contributed by atoms with van der Waals surface area (Å²) in [5.74, 6) is -0.0683. The third-order valence-corrected chi connectivity index (χ3v) is 7.65. The fourth-order valence-corrected chi connectivity index (χ4v) is 5.68. The summed E-state index contributed by atoms with van der Waals surface area (Å²) in [5.41, 5.74) is 6.69. The van der Waals surface area contributed by atoms with Crippen LogP contribution in [-0.4, -0.2) is 78.7 Å². The van der Waals surface area contributed by atoms with Gasteiger partial charge in [0.1, 0.15) is 0 Å². The molecule has 3 heterocycles. The molecule has 8 heteroatoms. The van der Waals surface area contributed by atoms with Crippen molar-refractivity contribution >= 4 is 34.1 Å². The summed E-state index contributed by atoms with van der Waals surface area (Å²) < 4.78 is 0. The molecule has 0 unspecified atom stereocenters. The van der Waals surface area contributed by atoms with Gasteiger partial charge in [-0.3, -0.25) is 14.6 Å². The molecule has 2 aliphatic heterocycles. The number of H-pyrrole nitrogens is 1. The molecule has 7 nitrogen and oxygen atoms in total. The van der Waals surface area contributed by atoms with Crippen LogP contribution >= 0.6 is 11.6 Å². The Morgan fingerprint density at radius 1 is 1.11 bits per heavy atom. The van der Waals surface area contributed by atoms with Crippen molar-refractivity contribution in [1.29, 1.82) is 0 Å². The molecule has 2 aromatic carbocycles. The third-order valence-electron chi connectivity index (χ3n) is 7.23. The number of benzene rings is 2. The van der Waals surface area contributed by atoms with Crippen molar-refractivity contribution in [3.63, 3.8) is 0 Å². The van der Waals surface area contributed by atoms with Crippen LogP contribution in [-0.2, 0) is 13.1 Å². The zero-order valence-electron chi connectivity index (χ0n) is 20.5. The van der Waals surface area contributed by atoms with E-state index in [0.29, 0.717) is 17.1 Å². The number of nitrogens with zero attached hydrogens (tertiary/aromatic N) is 3. The number of rotatable bonds is 8. The molecular formula is C27H34ClN5O2. The molecule has 1 fully saturated rings. The molecule has 3 aromatic rings. The van der Waals surface area contributed by atoms with E-state index in [1.807, 2.05) is 7.05 Å². The van der Waals surface area contributed by atoms with E-state index in [4.69, 9.17) is 16.7 Å². The van der Waals surface area contributed by atoms with Crippen molar-refractivity contribution in [3.8, 4) is 11.3 Å². The highest BCUT2D eigenvalue weighted by Crippen LogP contribution is 2.41. The molecule has 0 bridgehead atoms. The van der Waals surface area contributed by atoms with Crippen LogP contribution < -0.4 is 10.2 Å². The van der Waals surface area contributed by atoms with Gasteiger partial charge < -0.3 is 20.3 Å². The Morgan fingerprint density at radius 3 is 2.63 bits per heavy atom. The van der Waals surface area contributed by atoms with Gasteiger partial charge in [-0.05, 0) is 36.2 Å². The summed E-state index contributed by atoms with van der Waals surface area (Å²) in [6.45, 7) is 9.41. The lowest BCUT2D eigenvalue weighted by molar-refractivity contribution is 0.0966. The van der Waals surface area contributed by atoms with Gasteiger partial charge in [0.05, 0.1) is 22.9 Å². The third kappa shape index (κ3) is 4.78. The number of aromatic amines is 1. The molecular weight excluding hydrogens is 462 g/mol. The Hall–Kier alpha value is -2.58. The molecule has 5 rings (SSSR count). The van der Waals surface area contributed by atoms with Crippen molar-refractivity contribution in [1.82, 2.24) is 20.1 Å². The lowest BCUT2D eigenvalue weighted by Gasteiger charge is -2.34. The van der Waals surface area contributed by atoms with Crippen molar-refractivity contribution < 1.29 is 9.90 Å². The second-order valence-electron chi connectivity index (χ2n) is 9.66. The summed E-state index contributed by atoms with van der Waals surface area (Å²) in [7, 11) is 2.05. The lowest BCUT2D eigenvalue weighted by Crippen LogP contribution is -2.46. The van der Waals surface area contributed by atoms with Crippen LogP contribution in [0, 0.1) is 0 Å². The molecule has 1 saturated heterocycles. The first-order chi connectivity index (χ1) is 17.0.